The molecule has 2 N–H and O–H groups in total. The molecule has 0 aliphatic carbocycles. The molecule has 0 aliphatic rings. The molecule has 0 saturated heterocycles. The number of anilines is 3. The molecular weight excluding hydrogens is 375 g/mol. The fourth-order valence-electron chi connectivity index (χ4n) is 2.85. The normalized spacial score (nSPS) is 10.4. The Labute approximate surface area is 168 Å². The van der Waals surface area contributed by atoms with Crippen LogP contribution < -0.4 is 24.8 Å². The first kappa shape index (κ1) is 20.2. The molecule has 0 bridgehead atoms. The second kappa shape index (κ2) is 9.09. The predicted octanol–water partition coefficient (Wildman–Crippen LogP) is 4.31. The Kier molecular flexibility index (Phi) is 6.33. The number of halogens is 1. The first-order chi connectivity index (χ1) is 14.0. The van der Waals surface area contributed by atoms with Gasteiger partial charge in [0.05, 0.1) is 21.3 Å². The number of nitrogens with zero attached hydrogens (tertiary/aromatic N) is 2. The fourth-order valence-corrected chi connectivity index (χ4v) is 2.85. The van der Waals surface area contributed by atoms with E-state index in [9.17, 15) is 4.39 Å². The summed E-state index contributed by atoms with van der Waals surface area (Å²) in [4.78, 5) is 8.77. The maximum atomic E-state index is 13.8. The SMILES string of the molecule is COc1cc(Nc2cc(NCc3ccccc3F)nc(C)n2)cc(OC)c1OC. The van der Waals surface area contributed by atoms with E-state index in [0.717, 1.165) is 0 Å². The van der Waals surface area contributed by atoms with Gasteiger partial charge in [-0.2, -0.15) is 0 Å². The van der Waals surface area contributed by atoms with Crippen LogP contribution in [0, 0.1) is 12.7 Å². The van der Waals surface area contributed by atoms with Crippen LogP contribution in [0.25, 0.3) is 0 Å². The van der Waals surface area contributed by atoms with Gasteiger partial charge in [0.1, 0.15) is 23.3 Å². The van der Waals surface area contributed by atoms with Crippen molar-refractivity contribution < 1.29 is 18.6 Å². The van der Waals surface area contributed by atoms with Gasteiger partial charge in [0, 0.05) is 36.0 Å². The van der Waals surface area contributed by atoms with Crippen LogP contribution >= 0.6 is 0 Å². The summed E-state index contributed by atoms with van der Waals surface area (Å²) in [7, 11) is 4.66. The van der Waals surface area contributed by atoms with E-state index in [1.165, 1.54) is 6.07 Å². The van der Waals surface area contributed by atoms with E-state index < -0.39 is 0 Å². The number of aryl methyl sites for hydroxylation is 1. The number of rotatable bonds is 8. The van der Waals surface area contributed by atoms with E-state index in [4.69, 9.17) is 14.2 Å². The number of hydrogen-bond acceptors (Lipinski definition) is 7. The van der Waals surface area contributed by atoms with Crippen LogP contribution in [-0.2, 0) is 6.54 Å². The summed E-state index contributed by atoms with van der Waals surface area (Å²) in [6, 6.07) is 11.9. The highest BCUT2D eigenvalue weighted by Gasteiger charge is 2.14. The first-order valence-electron chi connectivity index (χ1n) is 8.94. The topological polar surface area (TPSA) is 77.5 Å². The third kappa shape index (κ3) is 4.84. The molecule has 0 radical (unpaired) electrons. The second-order valence-corrected chi connectivity index (χ2v) is 6.17. The number of methoxy groups -OCH3 is 3. The van der Waals surface area contributed by atoms with Crippen molar-refractivity contribution in [2.45, 2.75) is 13.5 Å². The summed E-state index contributed by atoms with van der Waals surface area (Å²) in [5.41, 5.74) is 1.26. The predicted molar refractivity (Wildman–Crippen MR) is 110 cm³/mol. The Balaban J connectivity index is 1.82. The van der Waals surface area contributed by atoms with Gasteiger partial charge in [-0.15, -0.1) is 0 Å². The van der Waals surface area contributed by atoms with Crippen molar-refractivity contribution in [1.29, 1.82) is 0 Å². The lowest BCUT2D eigenvalue weighted by Crippen LogP contribution is -2.06. The summed E-state index contributed by atoms with van der Waals surface area (Å²) in [5, 5.41) is 6.35. The van der Waals surface area contributed by atoms with Crippen molar-refractivity contribution in [2.24, 2.45) is 0 Å². The van der Waals surface area contributed by atoms with Crippen molar-refractivity contribution in [3.8, 4) is 17.2 Å². The van der Waals surface area contributed by atoms with Crippen LogP contribution in [0.1, 0.15) is 11.4 Å². The highest BCUT2D eigenvalue weighted by atomic mass is 19.1. The smallest absolute Gasteiger partial charge is 0.203 e. The molecule has 29 heavy (non-hydrogen) atoms. The molecule has 152 valence electrons. The molecule has 0 amide bonds. The molecule has 0 fully saturated rings. The van der Waals surface area contributed by atoms with Crippen LogP contribution in [0.4, 0.5) is 21.7 Å². The van der Waals surface area contributed by atoms with Gasteiger partial charge in [-0.05, 0) is 13.0 Å². The second-order valence-electron chi connectivity index (χ2n) is 6.17. The van der Waals surface area contributed by atoms with Crippen LogP contribution in [0.15, 0.2) is 42.5 Å². The van der Waals surface area contributed by atoms with Crippen molar-refractivity contribution in [1.82, 2.24) is 9.97 Å². The molecule has 7 nitrogen and oxygen atoms in total. The molecule has 0 spiro atoms. The molecule has 0 unspecified atom stereocenters. The minimum absolute atomic E-state index is 0.262. The van der Waals surface area contributed by atoms with E-state index >= 15 is 0 Å². The van der Waals surface area contributed by atoms with Gasteiger partial charge in [-0.3, -0.25) is 0 Å². The average Bonchev–Trinajstić information content (AvgIpc) is 2.72. The van der Waals surface area contributed by atoms with E-state index in [-0.39, 0.29) is 5.82 Å². The molecule has 0 aliphatic heterocycles. The standard InChI is InChI=1S/C21H23FN4O3/c1-13-24-19(23-12-14-7-5-6-8-16(14)22)11-20(25-13)26-15-9-17(27-2)21(29-4)18(10-15)28-3/h5-11H,12H2,1-4H3,(H2,23,24,25,26). The van der Waals surface area contributed by atoms with Gasteiger partial charge in [0.15, 0.2) is 11.5 Å². The zero-order chi connectivity index (χ0) is 20.8. The zero-order valence-corrected chi connectivity index (χ0v) is 16.7. The molecule has 3 aromatic rings. The van der Waals surface area contributed by atoms with Gasteiger partial charge in [-0.25, -0.2) is 14.4 Å². The van der Waals surface area contributed by atoms with Gasteiger partial charge in [0.25, 0.3) is 0 Å². The largest absolute Gasteiger partial charge is 0.493 e. The first-order valence-corrected chi connectivity index (χ1v) is 8.94. The van der Waals surface area contributed by atoms with Crippen molar-refractivity contribution in [2.75, 3.05) is 32.0 Å². The molecule has 2 aromatic carbocycles. The van der Waals surface area contributed by atoms with Crippen molar-refractivity contribution in [3.63, 3.8) is 0 Å². The monoisotopic (exact) mass is 398 g/mol. The third-order valence-corrected chi connectivity index (χ3v) is 4.19. The van der Waals surface area contributed by atoms with Crippen LogP contribution in [-0.4, -0.2) is 31.3 Å². The molecule has 0 atom stereocenters. The number of ether oxygens (including phenoxy) is 3. The molecule has 1 heterocycles. The van der Waals surface area contributed by atoms with Gasteiger partial charge < -0.3 is 24.8 Å². The van der Waals surface area contributed by atoms with E-state index in [2.05, 4.69) is 20.6 Å². The number of nitrogens with one attached hydrogen (secondary N) is 2. The molecular formula is C21H23FN4O3. The Morgan fingerprint density at radius 2 is 1.55 bits per heavy atom. The molecule has 0 saturated carbocycles. The number of hydrogen-bond donors (Lipinski definition) is 2. The van der Waals surface area contributed by atoms with E-state index in [1.54, 1.807) is 64.7 Å². The summed E-state index contributed by atoms with van der Waals surface area (Å²) >= 11 is 0. The maximum Gasteiger partial charge on any atom is 0.203 e. The highest BCUT2D eigenvalue weighted by molar-refractivity contribution is 5.67. The maximum absolute atomic E-state index is 13.8. The minimum Gasteiger partial charge on any atom is -0.493 e. The van der Waals surface area contributed by atoms with E-state index in [0.29, 0.717) is 52.5 Å². The summed E-state index contributed by atoms with van der Waals surface area (Å²) in [6.45, 7) is 2.10. The quantitative estimate of drug-likeness (QED) is 0.586. The summed E-state index contributed by atoms with van der Waals surface area (Å²) in [6.07, 6.45) is 0. The van der Waals surface area contributed by atoms with Crippen molar-refractivity contribution >= 4 is 17.3 Å². The van der Waals surface area contributed by atoms with Gasteiger partial charge in [0.2, 0.25) is 5.75 Å². The summed E-state index contributed by atoms with van der Waals surface area (Å²) < 4.78 is 29.9. The highest BCUT2D eigenvalue weighted by Crippen LogP contribution is 2.40. The molecule has 1 aromatic heterocycles. The van der Waals surface area contributed by atoms with Crippen LogP contribution in [0.2, 0.25) is 0 Å². The number of benzene rings is 2. The Bertz CT molecular complexity index is 972. The lowest BCUT2D eigenvalue weighted by molar-refractivity contribution is 0.324. The minimum atomic E-state index is -0.262. The average molecular weight is 398 g/mol. The lowest BCUT2D eigenvalue weighted by atomic mass is 10.2. The zero-order valence-electron chi connectivity index (χ0n) is 16.7. The Morgan fingerprint density at radius 1 is 0.897 bits per heavy atom. The van der Waals surface area contributed by atoms with Crippen LogP contribution in [0.5, 0.6) is 17.2 Å². The van der Waals surface area contributed by atoms with Gasteiger partial charge in [-0.1, -0.05) is 18.2 Å². The lowest BCUT2D eigenvalue weighted by Gasteiger charge is -2.15. The fraction of sp³-hybridized carbons (Fsp3) is 0.238. The number of aromatic nitrogens is 2. The molecule has 8 heteroatoms. The van der Waals surface area contributed by atoms with Gasteiger partial charge >= 0.3 is 0 Å². The van der Waals surface area contributed by atoms with E-state index in [1.807, 2.05) is 0 Å². The molecule has 3 rings (SSSR count). The Hall–Kier alpha value is -3.55. The van der Waals surface area contributed by atoms with Crippen LogP contribution in [0.3, 0.4) is 0 Å². The summed E-state index contributed by atoms with van der Waals surface area (Å²) in [5.74, 6) is 3.02. The Morgan fingerprint density at radius 3 is 2.17 bits per heavy atom. The van der Waals surface area contributed by atoms with Crippen molar-refractivity contribution in [3.05, 3.63) is 59.7 Å². The third-order valence-electron chi connectivity index (χ3n) is 4.19.